The monoisotopic (exact) mass is 267 g/mol. The lowest BCUT2D eigenvalue weighted by Crippen LogP contribution is -2.29. The number of hydrogen-bond donors (Lipinski definition) is 0. The van der Waals surface area contributed by atoms with Crippen LogP contribution in [0.4, 0.5) is 0 Å². The fraction of sp³-hybridized carbons (Fsp3) is 0.273. The molecule has 1 aromatic rings. The summed E-state index contributed by atoms with van der Waals surface area (Å²) in [6.07, 6.45) is 4.13. The molecule has 0 bridgehead atoms. The molecule has 2 nitrogen and oxygen atoms in total. The molecule has 0 unspecified atom stereocenters. The van der Waals surface area contributed by atoms with Gasteiger partial charge in [0.15, 0.2) is 0 Å². The Bertz CT molecular complexity index is 473. The van der Waals surface area contributed by atoms with Crippen molar-refractivity contribution in [3.63, 3.8) is 0 Å². The third-order valence-corrected chi connectivity index (χ3v) is 4.70. The van der Waals surface area contributed by atoms with E-state index in [0.29, 0.717) is 6.04 Å². The molecule has 0 radical (unpaired) electrons. The second-order valence-electron chi connectivity index (χ2n) is 3.80. The molecule has 0 atom stereocenters. The highest BCUT2D eigenvalue weighted by atomic mass is 32.2. The lowest BCUT2D eigenvalue weighted by atomic mass is 10.3. The van der Waals surface area contributed by atoms with E-state index in [9.17, 15) is 4.79 Å². The van der Waals surface area contributed by atoms with Crippen molar-refractivity contribution in [2.75, 3.05) is 0 Å². The molecule has 0 spiro atoms. The topological polar surface area (TPSA) is 20.3 Å². The van der Waals surface area contributed by atoms with Crippen LogP contribution in [0.5, 0.6) is 0 Å². The Morgan fingerprint density at radius 2 is 2.31 bits per heavy atom. The lowest BCUT2D eigenvalue weighted by molar-refractivity contribution is -0.122. The predicted octanol–water partition coefficient (Wildman–Crippen LogP) is 3.11. The maximum absolute atomic E-state index is 12.1. The van der Waals surface area contributed by atoms with Crippen LogP contribution in [0.25, 0.3) is 6.08 Å². The van der Waals surface area contributed by atoms with Crippen LogP contribution in [0.3, 0.4) is 0 Å². The van der Waals surface area contributed by atoms with Gasteiger partial charge in [0.1, 0.15) is 4.32 Å². The highest BCUT2D eigenvalue weighted by Gasteiger charge is 2.41. The molecule has 1 amide bonds. The zero-order chi connectivity index (χ0) is 11.1. The normalized spacial score (nSPS) is 23.5. The summed E-state index contributed by atoms with van der Waals surface area (Å²) in [5.74, 6) is 0.0888. The van der Waals surface area contributed by atoms with Crippen molar-refractivity contribution < 1.29 is 4.79 Å². The van der Waals surface area contributed by atoms with Crippen LogP contribution in [0, 0.1) is 0 Å². The van der Waals surface area contributed by atoms with Crippen molar-refractivity contribution >= 4 is 51.6 Å². The molecule has 3 rings (SSSR count). The SMILES string of the molecule is O=C1/C(=C/c2cccs2)SC(=S)N1C1CC1. The average Bonchev–Trinajstić information content (AvgIpc) is 2.86. The quantitative estimate of drug-likeness (QED) is 0.606. The molecule has 0 N–H and O–H groups in total. The number of thiocarbonyl (C=S) groups is 1. The minimum absolute atomic E-state index is 0.0888. The van der Waals surface area contributed by atoms with Gasteiger partial charge in [-0.1, -0.05) is 30.0 Å². The van der Waals surface area contributed by atoms with Gasteiger partial charge in [0.05, 0.1) is 4.91 Å². The minimum Gasteiger partial charge on any atom is -0.290 e. The molecular weight excluding hydrogens is 258 g/mol. The first kappa shape index (κ1) is 10.5. The van der Waals surface area contributed by atoms with E-state index in [1.165, 1.54) is 11.8 Å². The molecule has 1 aliphatic heterocycles. The summed E-state index contributed by atoms with van der Waals surface area (Å²) < 4.78 is 0.718. The van der Waals surface area contributed by atoms with Crippen LogP contribution in [0.2, 0.25) is 0 Å². The van der Waals surface area contributed by atoms with Gasteiger partial charge >= 0.3 is 0 Å². The molecular formula is C11H9NOS3. The Kier molecular flexibility index (Phi) is 2.61. The van der Waals surface area contributed by atoms with Crippen molar-refractivity contribution in [1.82, 2.24) is 4.90 Å². The predicted molar refractivity (Wildman–Crippen MR) is 72.4 cm³/mol. The average molecular weight is 267 g/mol. The van der Waals surface area contributed by atoms with Gasteiger partial charge in [-0.05, 0) is 30.4 Å². The lowest BCUT2D eigenvalue weighted by Gasteiger charge is -2.11. The Labute approximate surface area is 107 Å². The standard InChI is InChI=1S/C11H9NOS3/c13-10-9(6-8-2-1-5-15-8)16-11(14)12(10)7-3-4-7/h1-2,5-7H,3-4H2/b9-6-. The summed E-state index contributed by atoms with van der Waals surface area (Å²) in [5, 5.41) is 2.01. The minimum atomic E-state index is 0.0888. The Balaban J connectivity index is 1.88. The van der Waals surface area contributed by atoms with Crippen LogP contribution in [0.15, 0.2) is 22.4 Å². The van der Waals surface area contributed by atoms with Crippen molar-refractivity contribution in [3.05, 3.63) is 27.3 Å². The summed E-state index contributed by atoms with van der Waals surface area (Å²) in [7, 11) is 0. The second-order valence-corrected chi connectivity index (χ2v) is 6.45. The van der Waals surface area contributed by atoms with E-state index in [4.69, 9.17) is 12.2 Å². The molecule has 2 fully saturated rings. The van der Waals surface area contributed by atoms with E-state index in [-0.39, 0.29) is 5.91 Å². The zero-order valence-corrected chi connectivity index (χ0v) is 10.8. The van der Waals surface area contributed by atoms with E-state index in [1.807, 2.05) is 23.6 Å². The van der Waals surface area contributed by atoms with Crippen molar-refractivity contribution in [2.45, 2.75) is 18.9 Å². The molecule has 1 aliphatic carbocycles. The molecule has 1 aromatic heterocycles. The summed E-state index contributed by atoms with van der Waals surface area (Å²) in [6, 6.07) is 4.37. The van der Waals surface area contributed by atoms with E-state index in [0.717, 1.165) is 26.9 Å². The number of amides is 1. The van der Waals surface area contributed by atoms with Gasteiger partial charge in [-0.15, -0.1) is 11.3 Å². The van der Waals surface area contributed by atoms with Gasteiger partial charge in [0, 0.05) is 10.9 Å². The fourth-order valence-corrected chi connectivity index (χ4v) is 3.75. The number of hydrogen-bond acceptors (Lipinski definition) is 4. The summed E-state index contributed by atoms with van der Waals surface area (Å²) in [4.78, 5) is 15.7. The fourth-order valence-electron chi connectivity index (χ4n) is 1.63. The maximum Gasteiger partial charge on any atom is 0.266 e. The van der Waals surface area contributed by atoms with Crippen LogP contribution >= 0.6 is 35.3 Å². The van der Waals surface area contributed by atoms with Gasteiger partial charge in [-0.2, -0.15) is 0 Å². The van der Waals surface area contributed by atoms with Gasteiger partial charge in [-0.3, -0.25) is 9.69 Å². The van der Waals surface area contributed by atoms with Crippen LogP contribution in [0.1, 0.15) is 17.7 Å². The van der Waals surface area contributed by atoms with Gasteiger partial charge in [0.25, 0.3) is 5.91 Å². The van der Waals surface area contributed by atoms with E-state index >= 15 is 0 Å². The molecule has 1 saturated carbocycles. The molecule has 2 aliphatic rings. The Hall–Kier alpha value is -0.650. The van der Waals surface area contributed by atoms with Crippen LogP contribution in [-0.2, 0) is 4.79 Å². The first-order chi connectivity index (χ1) is 7.75. The molecule has 82 valence electrons. The van der Waals surface area contributed by atoms with Crippen LogP contribution < -0.4 is 0 Å². The summed E-state index contributed by atoms with van der Waals surface area (Å²) in [5.41, 5.74) is 0. The largest absolute Gasteiger partial charge is 0.290 e. The first-order valence-electron chi connectivity index (χ1n) is 5.06. The Morgan fingerprint density at radius 3 is 2.94 bits per heavy atom. The molecule has 0 aromatic carbocycles. The van der Waals surface area contributed by atoms with Crippen molar-refractivity contribution in [2.24, 2.45) is 0 Å². The first-order valence-corrected chi connectivity index (χ1v) is 7.17. The third kappa shape index (κ3) is 1.83. The number of rotatable bonds is 2. The highest BCUT2D eigenvalue weighted by Crippen LogP contribution is 2.40. The van der Waals surface area contributed by atoms with Gasteiger partial charge in [-0.25, -0.2) is 0 Å². The second kappa shape index (κ2) is 3.98. The Morgan fingerprint density at radius 1 is 1.50 bits per heavy atom. The van der Waals surface area contributed by atoms with E-state index in [1.54, 1.807) is 16.2 Å². The van der Waals surface area contributed by atoms with Crippen molar-refractivity contribution in [1.29, 1.82) is 0 Å². The molecule has 2 heterocycles. The summed E-state index contributed by atoms with van der Waals surface area (Å²) in [6.45, 7) is 0. The van der Waals surface area contributed by atoms with Crippen molar-refractivity contribution in [3.8, 4) is 0 Å². The van der Waals surface area contributed by atoms with E-state index in [2.05, 4.69) is 0 Å². The number of carbonyl (C=O) groups excluding carboxylic acids is 1. The van der Waals surface area contributed by atoms with Crippen LogP contribution in [-0.4, -0.2) is 21.2 Å². The molecule has 16 heavy (non-hydrogen) atoms. The number of thioether (sulfide) groups is 1. The summed E-state index contributed by atoms with van der Waals surface area (Å²) >= 11 is 8.30. The van der Waals surface area contributed by atoms with Gasteiger partial charge in [0.2, 0.25) is 0 Å². The third-order valence-electron chi connectivity index (χ3n) is 2.55. The number of thiophene rings is 1. The number of carbonyl (C=O) groups is 1. The number of nitrogens with zero attached hydrogens (tertiary/aromatic N) is 1. The molecule has 5 heteroatoms. The van der Waals surface area contributed by atoms with E-state index < -0.39 is 0 Å². The highest BCUT2D eigenvalue weighted by molar-refractivity contribution is 8.26. The van der Waals surface area contributed by atoms with Gasteiger partial charge < -0.3 is 0 Å². The zero-order valence-electron chi connectivity index (χ0n) is 8.38. The smallest absolute Gasteiger partial charge is 0.266 e. The molecule has 1 saturated heterocycles. The maximum atomic E-state index is 12.1.